The van der Waals surface area contributed by atoms with Gasteiger partial charge in [-0.05, 0) is 40.3 Å². The van der Waals surface area contributed by atoms with Gasteiger partial charge in [0.1, 0.15) is 0 Å². The Kier molecular flexibility index (Phi) is 3.28. The summed E-state index contributed by atoms with van der Waals surface area (Å²) in [4.78, 5) is 0. The molecule has 0 saturated heterocycles. The highest BCUT2D eigenvalue weighted by Gasteiger charge is 2.19. The summed E-state index contributed by atoms with van der Waals surface area (Å²) in [6.07, 6.45) is 0. The van der Waals surface area contributed by atoms with Gasteiger partial charge in [0.05, 0.1) is 0 Å². The van der Waals surface area contributed by atoms with Gasteiger partial charge in [-0.3, -0.25) is 0 Å². The van der Waals surface area contributed by atoms with E-state index in [4.69, 9.17) is 0 Å². The van der Waals surface area contributed by atoms with E-state index in [0.717, 1.165) is 0 Å². The van der Waals surface area contributed by atoms with E-state index in [9.17, 15) is 0 Å². The van der Waals surface area contributed by atoms with Crippen LogP contribution >= 0.6 is 11.3 Å². The van der Waals surface area contributed by atoms with Gasteiger partial charge in [0.2, 0.25) is 0 Å². The molecule has 0 amide bonds. The van der Waals surface area contributed by atoms with Gasteiger partial charge in [-0.25, -0.2) is 0 Å². The van der Waals surface area contributed by atoms with E-state index in [-0.39, 0.29) is 5.41 Å². The first kappa shape index (κ1) is 14.5. The van der Waals surface area contributed by atoms with Crippen molar-refractivity contribution in [1.29, 1.82) is 0 Å². The highest BCUT2D eigenvalue weighted by atomic mass is 32.1. The molecule has 0 atom stereocenters. The maximum Gasteiger partial charge on any atom is 0.0364 e. The summed E-state index contributed by atoms with van der Waals surface area (Å²) >= 11 is 1.90. The second-order valence-corrected chi connectivity index (χ2v) is 8.19. The van der Waals surface area contributed by atoms with Crippen LogP contribution in [0.4, 0.5) is 0 Å². The van der Waals surface area contributed by atoms with Crippen LogP contribution < -0.4 is 0 Å². The van der Waals surface area contributed by atoms with Crippen molar-refractivity contribution in [2.75, 3.05) is 0 Å². The van der Waals surface area contributed by atoms with E-state index in [0.29, 0.717) is 0 Å². The molecule has 23 heavy (non-hydrogen) atoms. The standard InChI is InChI=1S/C22H20S/c1-22(2,3)16-13-18(15-9-5-4-6-10-15)21-17-11-7-8-12-19(17)23-20(21)14-16/h4-14H,1-3H3. The van der Waals surface area contributed by atoms with E-state index >= 15 is 0 Å². The molecule has 0 bridgehead atoms. The highest BCUT2D eigenvalue weighted by molar-refractivity contribution is 7.25. The Hall–Kier alpha value is -2.12. The van der Waals surface area contributed by atoms with Crippen molar-refractivity contribution in [2.24, 2.45) is 0 Å². The fraction of sp³-hybridized carbons (Fsp3) is 0.182. The monoisotopic (exact) mass is 316 g/mol. The third-order valence-electron chi connectivity index (χ3n) is 4.43. The number of benzene rings is 3. The zero-order chi connectivity index (χ0) is 16.0. The molecule has 0 saturated carbocycles. The summed E-state index contributed by atoms with van der Waals surface area (Å²) in [5, 5.41) is 2.76. The Balaban J connectivity index is 2.16. The van der Waals surface area contributed by atoms with Crippen LogP contribution in [0.3, 0.4) is 0 Å². The first-order valence-corrected chi connectivity index (χ1v) is 8.87. The quantitative estimate of drug-likeness (QED) is 0.354. The summed E-state index contributed by atoms with van der Waals surface area (Å²) in [5.74, 6) is 0. The molecule has 4 rings (SSSR count). The summed E-state index contributed by atoms with van der Waals surface area (Å²) in [6, 6.07) is 24.3. The second-order valence-electron chi connectivity index (χ2n) is 7.11. The first-order valence-electron chi connectivity index (χ1n) is 8.05. The van der Waals surface area contributed by atoms with Gasteiger partial charge >= 0.3 is 0 Å². The van der Waals surface area contributed by atoms with Crippen LogP contribution in [0, 0.1) is 0 Å². The minimum absolute atomic E-state index is 0.147. The molecule has 1 aromatic heterocycles. The zero-order valence-electron chi connectivity index (χ0n) is 13.8. The molecule has 1 heterocycles. The van der Waals surface area contributed by atoms with Gasteiger partial charge in [-0.2, -0.15) is 0 Å². The van der Waals surface area contributed by atoms with E-state index < -0.39 is 0 Å². The first-order chi connectivity index (χ1) is 11.0. The van der Waals surface area contributed by atoms with E-state index in [1.54, 1.807) is 0 Å². The number of hydrogen-bond donors (Lipinski definition) is 0. The molecule has 0 aliphatic carbocycles. The average Bonchev–Trinajstić information content (AvgIpc) is 2.92. The predicted octanol–water partition coefficient (Wildman–Crippen LogP) is 7.02. The van der Waals surface area contributed by atoms with Crippen LogP contribution in [0.15, 0.2) is 66.7 Å². The summed E-state index contributed by atoms with van der Waals surface area (Å²) < 4.78 is 2.75. The van der Waals surface area contributed by atoms with Crippen LogP contribution in [-0.2, 0) is 5.41 Å². The lowest BCUT2D eigenvalue weighted by Gasteiger charge is -2.21. The lowest BCUT2D eigenvalue weighted by Crippen LogP contribution is -2.10. The van der Waals surface area contributed by atoms with Gasteiger partial charge in [0.25, 0.3) is 0 Å². The van der Waals surface area contributed by atoms with Crippen molar-refractivity contribution in [1.82, 2.24) is 0 Å². The smallest absolute Gasteiger partial charge is 0.0364 e. The number of fused-ring (bicyclic) bond motifs is 3. The Morgan fingerprint density at radius 2 is 1.43 bits per heavy atom. The Morgan fingerprint density at radius 3 is 2.17 bits per heavy atom. The Bertz CT molecular complexity index is 985. The maximum absolute atomic E-state index is 2.39. The molecule has 0 aliphatic rings. The number of rotatable bonds is 1. The maximum atomic E-state index is 2.39. The fourth-order valence-electron chi connectivity index (χ4n) is 3.13. The fourth-order valence-corrected chi connectivity index (χ4v) is 4.30. The molecule has 4 aromatic rings. The van der Waals surface area contributed by atoms with E-state index in [1.165, 1.54) is 36.9 Å². The van der Waals surface area contributed by atoms with Crippen LogP contribution in [0.5, 0.6) is 0 Å². The van der Waals surface area contributed by atoms with Crippen LogP contribution in [0.1, 0.15) is 26.3 Å². The third kappa shape index (κ3) is 2.46. The van der Waals surface area contributed by atoms with Crippen molar-refractivity contribution < 1.29 is 0 Å². The normalized spacial score (nSPS) is 12.1. The Labute approximate surface area is 141 Å². The lowest BCUT2D eigenvalue weighted by molar-refractivity contribution is 0.591. The van der Waals surface area contributed by atoms with Gasteiger partial charge < -0.3 is 0 Å². The summed E-state index contributed by atoms with van der Waals surface area (Å²) in [5.41, 5.74) is 4.20. The summed E-state index contributed by atoms with van der Waals surface area (Å²) in [6.45, 7) is 6.86. The molecule has 114 valence electrons. The second kappa shape index (κ2) is 5.21. The molecule has 3 aromatic carbocycles. The van der Waals surface area contributed by atoms with Crippen LogP contribution in [0.25, 0.3) is 31.3 Å². The molecule has 0 aliphatic heterocycles. The van der Waals surface area contributed by atoms with E-state index in [1.807, 2.05) is 11.3 Å². The molecule has 0 radical (unpaired) electrons. The molecular formula is C22H20S. The molecule has 0 N–H and O–H groups in total. The molecule has 1 heteroatoms. The third-order valence-corrected chi connectivity index (χ3v) is 5.55. The van der Waals surface area contributed by atoms with Gasteiger partial charge in [0, 0.05) is 20.2 Å². The largest absolute Gasteiger partial charge is 0.135 e. The SMILES string of the molecule is CC(C)(C)c1cc(-c2ccccc2)c2c(c1)sc1ccccc12. The van der Waals surface area contributed by atoms with Gasteiger partial charge in [0.15, 0.2) is 0 Å². The van der Waals surface area contributed by atoms with Crippen molar-refractivity contribution in [2.45, 2.75) is 26.2 Å². The average molecular weight is 316 g/mol. The topological polar surface area (TPSA) is 0 Å². The highest BCUT2D eigenvalue weighted by Crippen LogP contribution is 2.42. The molecule has 0 nitrogen and oxygen atoms in total. The van der Waals surface area contributed by atoms with Crippen LogP contribution in [-0.4, -0.2) is 0 Å². The van der Waals surface area contributed by atoms with Crippen molar-refractivity contribution >= 4 is 31.5 Å². The Morgan fingerprint density at radius 1 is 0.739 bits per heavy atom. The van der Waals surface area contributed by atoms with E-state index in [2.05, 4.69) is 87.5 Å². The molecule has 0 unspecified atom stereocenters. The van der Waals surface area contributed by atoms with Crippen molar-refractivity contribution in [3.63, 3.8) is 0 Å². The molecular weight excluding hydrogens is 296 g/mol. The van der Waals surface area contributed by atoms with Crippen molar-refractivity contribution in [3.8, 4) is 11.1 Å². The zero-order valence-corrected chi connectivity index (χ0v) is 14.6. The minimum atomic E-state index is 0.147. The number of hydrogen-bond acceptors (Lipinski definition) is 1. The lowest BCUT2D eigenvalue weighted by atomic mass is 9.84. The van der Waals surface area contributed by atoms with Gasteiger partial charge in [-0.1, -0.05) is 69.3 Å². The van der Waals surface area contributed by atoms with Gasteiger partial charge in [-0.15, -0.1) is 11.3 Å². The van der Waals surface area contributed by atoms with Crippen LogP contribution in [0.2, 0.25) is 0 Å². The predicted molar refractivity (Wildman–Crippen MR) is 103 cm³/mol. The molecule has 0 spiro atoms. The minimum Gasteiger partial charge on any atom is -0.135 e. The number of thiophene rings is 1. The molecule has 0 fully saturated rings. The van der Waals surface area contributed by atoms with Crippen molar-refractivity contribution in [3.05, 3.63) is 72.3 Å². The summed E-state index contributed by atoms with van der Waals surface area (Å²) in [7, 11) is 0.